The summed E-state index contributed by atoms with van der Waals surface area (Å²) in [7, 11) is 0. The van der Waals surface area contributed by atoms with E-state index in [1.807, 2.05) is 13.0 Å². The summed E-state index contributed by atoms with van der Waals surface area (Å²) in [6.07, 6.45) is 0. The third-order valence-corrected chi connectivity index (χ3v) is 3.65. The largest absolute Gasteiger partial charge is 0.399 e. The molecular weight excluding hydrogens is 297 g/mol. The Morgan fingerprint density at radius 3 is 2.55 bits per heavy atom. The number of nitrogens with two attached hydrogens (primary N) is 2. The van der Waals surface area contributed by atoms with Crippen molar-refractivity contribution in [2.75, 3.05) is 11.1 Å². The summed E-state index contributed by atoms with van der Waals surface area (Å²) in [5.41, 5.74) is 13.6. The summed E-state index contributed by atoms with van der Waals surface area (Å²) in [4.78, 5) is 11.5. The monoisotopic (exact) mass is 309 g/mol. The number of aryl methyl sites for hydroxylation is 1. The maximum atomic E-state index is 11.5. The molecule has 6 heteroatoms. The zero-order valence-corrected chi connectivity index (χ0v) is 12.2. The van der Waals surface area contributed by atoms with E-state index >= 15 is 0 Å². The highest BCUT2D eigenvalue weighted by atomic mass is 35.5. The fourth-order valence-electron chi connectivity index (χ4n) is 1.78. The van der Waals surface area contributed by atoms with Gasteiger partial charge in [-0.1, -0.05) is 29.3 Å². The zero-order valence-electron chi connectivity index (χ0n) is 10.7. The van der Waals surface area contributed by atoms with Crippen LogP contribution in [0.3, 0.4) is 0 Å². The van der Waals surface area contributed by atoms with Gasteiger partial charge in [-0.25, -0.2) is 0 Å². The Kier molecular flexibility index (Phi) is 4.06. The van der Waals surface area contributed by atoms with Gasteiger partial charge >= 0.3 is 0 Å². The Morgan fingerprint density at radius 2 is 1.90 bits per heavy atom. The van der Waals surface area contributed by atoms with Crippen LogP contribution in [0.5, 0.6) is 0 Å². The van der Waals surface area contributed by atoms with Gasteiger partial charge in [-0.2, -0.15) is 0 Å². The molecule has 5 N–H and O–H groups in total. The van der Waals surface area contributed by atoms with Crippen molar-refractivity contribution in [2.24, 2.45) is 5.73 Å². The molecule has 20 heavy (non-hydrogen) atoms. The van der Waals surface area contributed by atoms with Gasteiger partial charge in [0.15, 0.2) is 0 Å². The highest BCUT2D eigenvalue weighted by Gasteiger charge is 2.13. The Labute approximate surface area is 126 Å². The molecule has 2 rings (SSSR count). The number of carbonyl (C=O) groups excluding carboxylic acids is 1. The van der Waals surface area contributed by atoms with Crippen LogP contribution in [0, 0.1) is 6.92 Å². The van der Waals surface area contributed by atoms with Crippen LogP contribution in [0.2, 0.25) is 10.0 Å². The lowest BCUT2D eigenvalue weighted by Crippen LogP contribution is -2.14. The predicted molar refractivity (Wildman–Crippen MR) is 83.9 cm³/mol. The molecule has 0 atom stereocenters. The molecule has 0 aliphatic heterocycles. The molecule has 0 saturated carbocycles. The Bertz CT molecular complexity index is 686. The molecule has 1 amide bonds. The van der Waals surface area contributed by atoms with Crippen molar-refractivity contribution >= 4 is 46.2 Å². The van der Waals surface area contributed by atoms with Crippen LogP contribution in [0.1, 0.15) is 15.9 Å². The fraction of sp³-hybridized carbons (Fsp3) is 0.0714. The quantitative estimate of drug-likeness (QED) is 0.756. The van der Waals surface area contributed by atoms with E-state index in [1.54, 1.807) is 18.2 Å². The van der Waals surface area contributed by atoms with E-state index in [-0.39, 0.29) is 5.56 Å². The number of amides is 1. The lowest BCUT2D eigenvalue weighted by atomic mass is 10.1. The minimum absolute atomic E-state index is 0.277. The maximum Gasteiger partial charge on any atom is 0.250 e. The summed E-state index contributed by atoms with van der Waals surface area (Å²) in [6.45, 7) is 1.86. The van der Waals surface area contributed by atoms with Crippen LogP contribution < -0.4 is 16.8 Å². The number of anilines is 3. The number of nitrogen functional groups attached to an aromatic ring is 1. The van der Waals surface area contributed by atoms with Crippen LogP contribution in [0.15, 0.2) is 30.3 Å². The first-order valence-electron chi connectivity index (χ1n) is 5.81. The molecule has 0 aromatic heterocycles. The molecule has 0 aliphatic rings. The number of nitrogens with one attached hydrogen (secondary N) is 1. The standard InChI is InChI=1S/C14H13Cl2N3O/c1-7-2-4-10(15)13(12(7)16)19-11-5-3-8(17)6-9(11)14(18)20/h2-6,19H,17H2,1H3,(H2,18,20). The molecule has 0 radical (unpaired) electrons. The van der Waals surface area contributed by atoms with Crippen molar-refractivity contribution in [3.05, 3.63) is 51.5 Å². The van der Waals surface area contributed by atoms with Crippen molar-refractivity contribution < 1.29 is 4.79 Å². The van der Waals surface area contributed by atoms with Crippen molar-refractivity contribution in [1.29, 1.82) is 0 Å². The van der Waals surface area contributed by atoms with Crippen molar-refractivity contribution in [3.63, 3.8) is 0 Å². The molecular formula is C14H13Cl2N3O. The van der Waals surface area contributed by atoms with Crippen LogP contribution >= 0.6 is 23.2 Å². The molecule has 104 valence electrons. The van der Waals surface area contributed by atoms with Crippen LogP contribution in [-0.2, 0) is 0 Å². The Balaban J connectivity index is 2.51. The third-order valence-electron chi connectivity index (χ3n) is 2.85. The van der Waals surface area contributed by atoms with Crippen LogP contribution in [0.25, 0.3) is 0 Å². The molecule has 0 heterocycles. The van der Waals surface area contributed by atoms with E-state index in [9.17, 15) is 4.79 Å². The maximum absolute atomic E-state index is 11.5. The van der Waals surface area contributed by atoms with E-state index in [0.29, 0.717) is 27.1 Å². The molecule has 0 fully saturated rings. The summed E-state index contributed by atoms with van der Waals surface area (Å²) < 4.78 is 0. The number of hydrogen-bond acceptors (Lipinski definition) is 3. The molecule has 2 aromatic carbocycles. The van der Waals surface area contributed by atoms with E-state index in [0.717, 1.165) is 5.56 Å². The number of halogens is 2. The summed E-state index contributed by atoms with van der Waals surface area (Å²) in [6, 6.07) is 8.36. The predicted octanol–water partition coefficient (Wildman–Crippen LogP) is 3.73. The van der Waals surface area contributed by atoms with Gasteiger partial charge in [0.2, 0.25) is 0 Å². The second-order valence-corrected chi connectivity index (χ2v) is 5.13. The van der Waals surface area contributed by atoms with Gasteiger partial charge in [-0.05, 0) is 36.8 Å². The van der Waals surface area contributed by atoms with Gasteiger partial charge in [0, 0.05) is 5.69 Å². The summed E-state index contributed by atoms with van der Waals surface area (Å²) >= 11 is 12.4. The fourth-order valence-corrected chi connectivity index (χ4v) is 2.25. The number of hydrogen-bond donors (Lipinski definition) is 3. The average molecular weight is 310 g/mol. The lowest BCUT2D eigenvalue weighted by molar-refractivity contribution is 0.100. The Morgan fingerprint density at radius 1 is 1.20 bits per heavy atom. The molecule has 0 aliphatic carbocycles. The van der Waals surface area contributed by atoms with Gasteiger partial charge in [0.25, 0.3) is 5.91 Å². The summed E-state index contributed by atoms with van der Waals surface area (Å²) in [5, 5.41) is 3.98. The molecule has 2 aromatic rings. The van der Waals surface area contributed by atoms with E-state index in [4.69, 9.17) is 34.7 Å². The second-order valence-electron chi connectivity index (χ2n) is 4.35. The molecule has 0 spiro atoms. The molecule has 0 bridgehead atoms. The molecule has 0 saturated heterocycles. The van der Waals surface area contributed by atoms with Crippen molar-refractivity contribution in [2.45, 2.75) is 6.92 Å². The Hall–Kier alpha value is -1.91. The minimum atomic E-state index is -0.584. The number of primary amides is 1. The number of rotatable bonds is 3. The molecule has 0 unspecified atom stereocenters. The highest BCUT2D eigenvalue weighted by molar-refractivity contribution is 6.39. The summed E-state index contributed by atoms with van der Waals surface area (Å²) in [5.74, 6) is -0.584. The van der Waals surface area contributed by atoms with Crippen molar-refractivity contribution in [3.8, 4) is 0 Å². The third kappa shape index (κ3) is 2.81. The number of benzene rings is 2. The topological polar surface area (TPSA) is 81.1 Å². The molecule has 4 nitrogen and oxygen atoms in total. The van der Waals surface area contributed by atoms with Crippen molar-refractivity contribution in [1.82, 2.24) is 0 Å². The van der Waals surface area contributed by atoms with Gasteiger partial charge in [0.05, 0.1) is 27.0 Å². The normalized spacial score (nSPS) is 10.3. The zero-order chi connectivity index (χ0) is 14.9. The smallest absolute Gasteiger partial charge is 0.250 e. The first kappa shape index (κ1) is 14.5. The van der Waals surface area contributed by atoms with E-state index in [2.05, 4.69) is 5.32 Å². The highest BCUT2D eigenvalue weighted by Crippen LogP contribution is 2.36. The van der Waals surface area contributed by atoms with Gasteiger partial charge in [-0.15, -0.1) is 0 Å². The second kappa shape index (κ2) is 5.61. The van der Waals surface area contributed by atoms with Crippen LogP contribution in [-0.4, -0.2) is 5.91 Å². The first-order valence-corrected chi connectivity index (χ1v) is 6.56. The first-order chi connectivity index (χ1) is 9.40. The van der Waals surface area contributed by atoms with Crippen LogP contribution in [0.4, 0.5) is 17.1 Å². The van der Waals surface area contributed by atoms with Gasteiger partial charge in [0.1, 0.15) is 0 Å². The SMILES string of the molecule is Cc1ccc(Cl)c(Nc2ccc(N)cc2C(N)=O)c1Cl. The number of carbonyl (C=O) groups is 1. The van der Waals surface area contributed by atoms with E-state index < -0.39 is 5.91 Å². The van der Waals surface area contributed by atoms with Gasteiger partial charge in [-0.3, -0.25) is 4.79 Å². The minimum Gasteiger partial charge on any atom is -0.399 e. The lowest BCUT2D eigenvalue weighted by Gasteiger charge is -2.14. The van der Waals surface area contributed by atoms with E-state index in [1.165, 1.54) is 6.07 Å². The average Bonchev–Trinajstić information content (AvgIpc) is 2.40. The van der Waals surface area contributed by atoms with Gasteiger partial charge < -0.3 is 16.8 Å².